The van der Waals surface area contributed by atoms with Crippen LogP contribution in [0.15, 0.2) is 108 Å². The van der Waals surface area contributed by atoms with Crippen LogP contribution in [0.4, 0.5) is 5.69 Å². The van der Waals surface area contributed by atoms with Crippen LogP contribution in [0.25, 0.3) is 0 Å². The summed E-state index contributed by atoms with van der Waals surface area (Å²) in [7, 11) is -4.13. The van der Waals surface area contributed by atoms with E-state index in [0.29, 0.717) is 30.3 Å². The normalized spacial score (nSPS) is 13.8. The standard InChI is InChI=1S/C31H27Cl2N3O4S/c32-26-12-6-10-24(18-26)20-34-16-17-35(22-30(34)37)31(38)25-11-7-13-27(19-25)41(39,40)36(21-23-8-2-1-3-9-23)29-15-5-4-14-28(29)33/h1-15,18-19H,16-17,20-22H2. The third-order valence-electron chi connectivity index (χ3n) is 6.83. The highest BCUT2D eigenvalue weighted by molar-refractivity contribution is 7.92. The van der Waals surface area contributed by atoms with Gasteiger partial charge in [0.2, 0.25) is 5.91 Å². The molecule has 2 amide bonds. The van der Waals surface area contributed by atoms with Gasteiger partial charge in [0.15, 0.2) is 0 Å². The monoisotopic (exact) mass is 607 g/mol. The summed E-state index contributed by atoms with van der Waals surface area (Å²) in [6.07, 6.45) is 0. The first kappa shape index (κ1) is 28.7. The molecule has 1 fully saturated rings. The smallest absolute Gasteiger partial charge is 0.264 e. The number of benzene rings is 4. The van der Waals surface area contributed by atoms with Crippen molar-refractivity contribution >= 4 is 50.7 Å². The highest BCUT2D eigenvalue weighted by Gasteiger charge is 2.30. The van der Waals surface area contributed by atoms with Crippen molar-refractivity contribution in [3.63, 3.8) is 0 Å². The van der Waals surface area contributed by atoms with Gasteiger partial charge in [-0.25, -0.2) is 8.42 Å². The molecule has 0 N–H and O–H groups in total. The second-order valence-electron chi connectivity index (χ2n) is 9.65. The number of hydrogen-bond donors (Lipinski definition) is 0. The first-order chi connectivity index (χ1) is 19.7. The number of carbonyl (C=O) groups is 2. The third-order valence-corrected chi connectivity index (χ3v) is 9.14. The Morgan fingerprint density at radius 1 is 0.805 bits per heavy atom. The van der Waals surface area contributed by atoms with Crippen LogP contribution in [0.3, 0.4) is 0 Å². The number of amides is 2. The van der Waals surface area contributed by atoms with E-state index in [2.05, 4.69) is 0 Å². The van der Waals surface area contributed by atoms with Crippen molar-refractivity contribution < 1.29 is 18.0 Å². The van der Waals surface area contributed by atoms with Gasteiger partial charge in [0.25, 0.3) is 15.9 Å². The fourth-order valence-corrected chi connectivity index (χ4v) is 6.73. The van der Waals surface area contributed by atoms with Crippen molar-refractivity contribution in [3.05, 3.63) is 130 Å². The minimum Gasteiger partial charge on any atom is -0.335 e. The number of rotatable bonds is 8. The average molecular weight is 609 g/mol. The number of anilines is 1. The lowest BCUT2D eigenvalue weighted by atomic mass is 10.1. The van der Waals surface area contributed by atoms with E-state index in [-0.39, 0.29) is 34.5 Å². The highest BCUT2D eigenvalue weighted by Crippen LogP contribution is 2.32. The lowest BCUT2D eigenvalue weighted by molar-refractivity contribution is -0.135. The molecular formula is C31H27Cl2N3O4S. The van der Waals surface area contributed by atoms with Gasteiger partial charge < -0.3 is 9.80 Å². The fourth-order valence-electron chi connectivity index (χ4n) is 4.71. The third kappa shape index (κ3) is 6.56. The minimum atomic E-state index is -4.13. The molecular weight excluding hydrogens is 581 g/mol. The van der Waals surface area contributed by atoms with Crippen molar-refractivity contribution in [2.75, 3.05) is 23.9 Å². The van der Waals surface area contributed by atoms with Crippen molar-refractivity contribution in [2.45, 2.75) is 18.0 Å². The van der Waals surface area contributed by atoms with Crippen molar-refractivity contribution in [2.24, 2.45) is 0 Å². The van der Waals surface area contributed by atoms with E-state index in [4.69, 9.17) is 23.2 Å². The summed E-state index contributed by atoms with van der Waals surface area (Å²) in [5.74, 6) is -0.605. The van der Waals surface area contributed by atoms with Crippen molar-refractivity contribution in [1.82, 2.24) is 9.80 Å². The number of para-hydroxylation sites is 1. The second-order valence-corrected chi connectivity index (χ2v) is 12.4. The van der Waals surface area contributed by atoms with Crippen LogP contribution in [0.5, 0.6) is 0 Å². The molecule has 5 rings (SSSR count). The molecule has 1 heterocycles. The molecule has 1 aliphatic heterocycles. The molecule has 0 aliphatic carbocycles. The van der Waals surface area contributed by atoms with Crippen LogP contribution in [0, 0.1) is 0 Å². The van der Waals surface area contributed by atoms with Gasteiger partial charge in [0.1, 0.15) is 6.54 Å². The predicted octanol–water partition coefficient (Wildman–Crippen LogP) is 5.87. The van der Waals surface area contributed by atoms with Gasteiger partial charge >= 0.3 is 0 Å². The van der Waals surface area contributed by atoms with Gasteiger partial charge in [-0.1, -0.05) is 83.9 Å². The zero-order valence-electron chi connectivity index (χ0n) is 22.0. The first-order valence-electron chi connectivity index (χ1n) is 12.9. The van der Waals surface area contributed by atoms with Crippen LogP contribution < -0.4 is 4.31 Å². The molecule has 210 valence electrons. The predicted molar refractivity (Wildman–Crippen MR) is 160 cm³/mol. The number of halogens is 2. The molecule has 0 bridgehead atoms. The SMILES string of the molecule is O=C1CN(C(=O)c2cccc(S(=O)(=O)N(Cc3ccccc3)c3ccccc3Cl)c2)CCN1Cc1cccc(Cl)c1. The molecule has 1 aliphatic rings. The van der Waals surface area contributed by atoms with Crippen molar-refractivity contribution in [1.29, 1.82) is 0 Å². The first-order valence-corrected chi connectivity index (χ1v) is 15.1. The maximum absolute atomic E-state index is 14.0. The molecule has 1 saturated heterocycles. The maximum atomic E-state index is 14.0. The second kappa shape index (κ2) is 12.3. The number of carbonyl (C=O) groups excluding carboxylic acids is 2. The van der Waals surface area contributed by atoms with E-state index in [0.717, 1.165) is 11.1 Å². The molecule has 10 heteroatoms. The largest absolute Gasteiger partial charge is 0.335 e. The van der Waals surface area contributed by atoms with Crippen LogP contribution >= 0.6 is 23.2 Å². The van der Waals surface area contributed by atoms with Crippen molar-refractivity contribution in [3.8, 4) is 0 Å². The Bertz CT molecular complexity index is 1680. The summed E-state index contributed by atoms with van der Waals surface area (Å²) in [4.78, 5) is 29.4. The molecule has 0 unspecified atom stereocenters. The molecule has 0 saturated carbocycles. The quantitative estimate of drug-likeness (QED) is 0.251. The molecule has 41 heavy (non-hydrogen) atoms. The topological polar surface area (TPSA) is 78.0 Å². The van der Waals surface area contributed by atoms with Gasteiger partial charge in [0.05, 0.1) is 22.2 Å². The zero-order valence-corrected chi connectivity index (χ0v) is 24.3. The van der Waals surface area contributed by atoms with Crippen LogP contribution in [0.1, 0.15) is 21.5 Å². The Hall–Kier alpha value is -3.85. The fraction of sp³-hybridized carbons (Fsp3) is 0.161. The Kier molecular flexibility index (Phi) is 8.63. The number of hydrogen-bond acceptors (Lipinski definition) is 4. The number of nitrogens with zero attached hydrogens (tertiary/aromatic N) is 3. The van der Waals surface area contributed by atoms with Gasteiger partial charge in [-0.3, -0.25) is 13.9 Å². The van der Waals surface area contributed by atoms with E-state index >= 15 is 0 Å². The summed E-state index contributed by atoms with van der Waals surface area (Å²) in [5.41, 5.74) is 2.19. The van der Waals surface area contributed by atoms with Gasteiger partial charge in [-0.2, -0.15) is 0 Å². The molecule has 0 radical (unpaired) electrons. The Morgan fingerprint density at radius 2 is 1.51 bits per heavy atom. The van der Waals surface area contributed by atoms with Gasteiger partial charge in [0, 0.05) is 30.2 Å². The molecule has 0 spiro atoms. The van der Waals surface area contributed by atoms with E-state index in [1.54, 1.807) is 41.3 Å². The molecule has 4 aromatic carbocycles. The van der Waals surface area contributed by atoms with Crippen LogP contribution in [0.2, 0.25) is 10.0 Å². The summed E-state index contributed by atoms with van der Waals surface area (Å²) in [6.45, 7) is 1.02. The molecule has 4 aromatic rings. The average Bonchev–Trinajstić information content (AvgIpc) is 2.97. The van der Waals surface area contributed by atoms with E-state index in [1.165, 1.54) is 27.4 Å². The Labute approximate surface area is 249 Å². The summed E-state index contributed by atoms with van der Waals surface area (Å²) < 4.78 is 29.3. The Balaban J connectivity index is 1.37. The summed E-state index contributed by atoms with van der Waals surface area (Å²) in [5, 5.41) is 0.879. The zero-order chi connectivity index (χ0) is 29.0. The number of sulfonamides is 1. The summed E-state index contributed by atoms with van der Waals surface area (Å²) >= 11 is 12.5. The highest BCUT2D eigenvalue weighted by atomic mass is 35.5. The van der Waals surface area contributed by atoms with Crippen LogP contribution in [-0.4, -0.2) is 49.7 Å². The molecule has 7 nitrogen and oxygen atoms in total. The lowest BCUT2D eigenvalue weighted by Gasteiger charge is -2.34. The van der Waals surface area contributed by atoms with Crippen LogP contribution in [-0.2, 0) is 27.9 Å². The maximum Gasteiger partial charge on any atom is 0.264 e. The Morgan fingerprint density at radius 3 is 2.24 bits per heavy atom. The van der Waals surface area contributed by atoms with Gasteiger partial charge in [-0.15, -0.1) is 0 Å². The molecule has 0 atom stereocenters. The number of piperazine rings is 1. The minimum absolute atomic E-state index is 0.0498. The van der Waals surface area contributed by atoms with E-state index in [9.17, 15) is 18.0 Å². The molecule has 0 aromatic heterocycles. The lowest BCUT2D eigenvalue weighted by Crippen LogP contribution is -2.51. The van der Waals surface area contributed by atoms with Gasteiger partial charge in [-0.05, 0) is 53.6 Å². The van der Waals surface area contributed by atoms with E-state index in [1.807, 2.05) is 48.5 Å². The summed E-state index contributed by atoms with van der Waals surface area (Å²) in [6, 6.07) is 29.1. The van der Waals surface area contributed by atoms with E-state index < -0.39 is 15.9 Å².